The van der Waals surface area contributed by atoms with E-state index in [2.05, 4.69) is 41.2 Å². The smallest absolute Gasteiger partial charge is 0.148 e. The first kappa shape index (κ1) is 15.8. The highest BCUT2D eigenvalue weighted by Gasteiger charge is 2.24. The number of hydrogen-bond donors (Lipinski definition) is 1. The van der Waals surface area contributed by atoms with Gasteiger partial charge in [0.15, 0.2) is 0 Å². The van der Waals surface area contributed by atoms with Gasteiger partial charge in [0, 0.05) is 15.4 Å². The average Bonchev–Trinajstić information content (AvgIpc) is 2.85. The monoisotopic (exact) mass is 373 g/mol. The lowest BCUT2D eigenvalue weighted by Gasteiger charge is -2.25. The van der Waals surface area contributed by atoms with Crippen molar-refractivity contribution in [1.29, 1.82) is 0 Å². The zero-order valence-corrected chi connectivity index (χ0v) is 14.6. The van der Waals surface area contributed by atoms with Crippen molar-refractivity contribution in [2.45, 2.75) is 32.4 Å². The number of rotatable bonds is 5. The minimum atomic E-state index is -0.174. The molecule has 2 rings (SSSR count). The molecule has 1 aromatic heterocycles. The van der Waals surface area contributed by atoms with Crippen LogP contribution in [0.3, 0.4) is 0 Å². The third kappa shape index (κ3) is 3.55. The van der Waals surface area contributed by atoms with Gasteiger partial charge in [0.1, 0.15) is 11.9 Å². The van der Waals surface area contributed by atoms with Crippen LogP contribution < -0.4 is 10.5 Å². The minimum absolute atomic E-state index is 0.0672. The fourth-order valence-corrected chi connectivity index (χ4v) is 3.46. The van der Waals surface area contributed by atoms with Crippen molar-refractivity contribution in [3.05, 3.63) is 49.6 Å². The maximum Gasteiger partial charge on any atom is 0.148 e. The Labute approximate surface area is 137 Å². The highest BCUT2D eigenvalue weighted by Crippen LogP contribution is 2.35. The van der Waals surface area contributed by atoms with Crippen molar-refractivity contribution in [1.82, 2.24) is 0 Å². The van der Waals surface area contributed by atoms with Gasteiger partial charge in [-0.15, -0.1) is 11.3 Å². The molecule has 1 heterocycles. The minimum Gasteiger partial charge on any atom is -0.482 e. The second kappa shape index (κ2) is 6.94. The van der Waals surface area contributed by atoms with Crippen LogP contribution in [0, 0.1) is 6.92 Å². The molecule has 5 heteroatoms. The standard InChI is InChI=1S/C15H17BrClNOS/c1-3-12(18)14(15-9(2)6-7-20-15)19-13-8-10(16)4-5-11(13)17/h4-8,12,14H,3,18H2,1-2H3. The average molecular weight is 375 g/mol. The van der Waals surface area contributed by atoms with E-state index in [0.29, 0.717) is 10.8 Å². The summed E-state index contributed by atoms with van der Waals surface area (Å²) in [7, 11) is 0. The van der Waals surface area contributed by atoms with Crippen molar-refractivity contribution in [2.75, 3.05) is 0 Å². The van der Waals surface area contributed by atoms with Crippen LogP contribution in [0.4, 0.5) is 0 Å². The van der Waals surface area contributed by atoms with Crippen molar-refractivity contribution < 1.29 is 4.74 Å². The Balaban J connectivity index is 2.33. The number of ether oxygens (including phenoxy) is 1. The molecule has 2 unspecified atom stereocenters. The highest BCUT2D eigenvalue weighted by molar-refractivity contribution is 9.10. The third-order valence-corrected chi connectivity index (χ3v) is 5.05. The van der Waals surface area contributed by atoms with E-state index in [9.17, 15) is 0 Å². The number of aryl methyl sites for hydroxylation is 1. The molecule has 2 nitrogen and oxygen atoms in total. The summed E-state index contributed by atoms with van der Waals surface area (Å²) in [5.41, 5.74) is 7.44. The molecule has 108 valence electrons. The molecule has 20 heavy (non-hydrogen) atoms. The Bertz CT molecular complexity index is 587. The van der Waals surface area contributed by atoms with Gasteiger partial charge in [-0.25, -0.2) is 0 Å². The predicted molar refractivity (Wildman–Crippen MR) is 89.8 cm³/mol. The molecule has 0 radical (unpaired) electrons. The summed E-state index contributed by atoms with van der Waals surface area (Å²) in [4.78, 5) is 1.16. The van der Waals surface area contributed by atoms with E-state index < -0.39 is 0 Å². The van der Waals surface area contributed by atoms with E-state index in [4.69, 9.17) is 22.1 Å². The van der Waals surface area contributed by atoms with Gasteiger partial charge in [0.25, 0.3) is 0 Å². The third-order valence-electron chi connectivity index (χ3n) is 3.17. The first-order chi connectivity index (χ1) is 9.52. The van der Waals surface area contributed by atoms with Crippen LogP contribution in [0.15, 0.2) is 34.1 Å². The molecule has 0 saturated carbocycles. The van der Waals surface area contributed by atoms with Crippen LogP contribution in [0.2, 0.25) is 5.02 Å². The second-order valence-corrected chi connectivity index (χ2v) is 6.92. The fourth-order valence-electron chi connectivity index (χ4n) is 1.93. The zero-order valence-electron chi connectivity index (χ0n) is 11.4. The first-order valence-electron chi connectivity index (χ1n) is 6.44. The summed E-state index contributed by atoms with van der Waals surface area (Å²) in [5, 5.41) is 2.65. The van der Waals surface area contributed by atoms with Crippen molar-refractivity contribution in [3.63, 3.8) is 0 Å². The Morgan fingerprint density at radius 2 is 2.15 bits per heavy atom. The maximum atomic E-state index is 6.24. The molecule has 0 fully saturated rings. The molecule has 0 aliphatic heterocycles. The van der Waals surface area contributed by atoms with Crippen LogP contribution in [0.5, 0.6) is 5.75 Å². The summed E-state index contributed by atoms with van der Waals surface area (Å²) in [6, 6.07) is 7.60. The Hall–Kier alpha value is -0.550. The summed E-state index contributed by atoms with van der Waals surface area (Å²) in [6.07, 6.45) is 0.667. The molecule has 0 bridgehead atoms. The molecule has 0 amide bonds. The molecule has 2 atom stereocenters. The van der Waals surface area contributed by atoms with Gasteiger partial charge in [-0.05, 0) is 48.6 Å². The van der Waals surface area contributed by atoms with Gasteiger partial charge >= 0.3 is 0 Å². The van der Waals surface area contributed by atoms with Gasteiger partial charge in [-0.2, -0.15) is 0 Å². The van der Waals surface area contributed by atoms with Gasteiger partial charge in [-0.3, -0.25) is 0 Å². The quantitative estimate of drug-likeness (QED) is 0.767. The van der Waals surface area contributed by atoms with E-state index in [1.54, 1.807) is 11.3 Å². The van der Waals surface area contributed by atoms with Crippen LogP contribution in [-0.4, -0.2) is 6.04 Å². The Morgan fingerprint density at radius 1 is 1.40 bits per heavy atom. The molecule has 2 N–H and O–H groups in total. The summed E-state index contributed by atoms with van der Waals surface area (Å²) < 4.78 is 7.06. The molecular weight excluding hydrogens is 358 g/mol. The Morgan fingerprint density at radius 3 is 2.75 bits per heavy atom. The van der Waals surface area contributed by atoms with Crippen molar-refractivity contribution >= 4 is 38.9 Å². The second-order valence-electron chi connectivity index (χ2n) is 4.65. The fraction of sp³-hybridized carbons (Fsp3) is 0.333. The lowest BCUT2D eigenvalue weighted by molar-refractivity contribution is 0.174. The van der Waals surface area contributed by atoms with Crippen molar-refractivity contribution in [3.8, 4) is 5.75 Å². The predicted octanol–water partition coefficient (Wildman–Crippen LogP) is 5.33. The normalized spacial score (nSPS) is 14.1. The molecule has 0 aliphatic rings. The maximum absolute atomic E-state index is 6.24. The van der Waals surface area contributed by atoms with Crippen molar-refractivity contribution in [2.24, 2.45) is 5.73 Å². The lowest BCUT2D eigenvalue weighted by Crippen LogP contribution is -2.31. The number of thiophene rings is 1. The highest BCUT2D eigenvalue weighted by atomic mass is 79.9. The van der Waals surface area contributed by atoms with E-state index in [1.165, 1.54) is 5.56 Å². The molecule has 0 spiro atoms. The Kier molecular flexibility index (Phi) is 5.49. The van der Waals surface area contributed by atoms with Crippen LogP contribution in [0.25, 0.3) is 0 Å². The van der Waals surface area contributed by atoms with Crippen LogP contribution in [0.1, 0.15) is 29.9 Å². The number of hydrogen-bond acceptors (Lipinski definition) is 3. The van der Waals surface area contributed by atoms with Crippen LogP contribution >= 0.6 is 38.9 Å². The van der Waals surface area contributed by atoms with E-state index in [-0.39, 0.29) is 12.1 Å². The number of benzene rings is 1. The van der Waals surface area contributed by atoms with E-state index >= 15 is 0 Å². The largest absolute Gasteiger partial charge is 0.482 e. The summed E-state index contributed by atoms with van der Waals surface area (Å²) >= 11 is 11.3. The molecule has 0 aliphatic carbocycles. The first-order valence-corrected chi connectivity index (χ1v) is 8.49. The molecule has 2 aromatic rings. The lowest BCUT2D eigenvalue weighted by atomic mass is 10.1. The van der Waals surface area contributed by atoms with Gasteiger partial charge in [-0.1, -0.05) is 34.5 Å². The van der Waals surface area contributed by atoms with Gasteiger partial charge in [0.05, 0.1) is 5.02 Å². The van der Waals surface area contributed by atoms with Gasteiger partial charge < -0.3 is 10.5 Å². The summed E-state index contributed by atoms with van der Waals surface area (Å²) in [6.45, 7) is 4.14. The molecule has 0 saturated heterocycles. The number of halogens is 2. The van der Waals surface area contributed by atoms with E-state index in [0.717, 1.165) is 15.8 Å². The summed E-state index contributed by atoms with van der Waals surface area (Å²) in [5.74, 6) is 0.655. The van der Waals surface area contributed by atoms with E-state index in [1.807, 2.05) is 18.2 Å². The van der Waals surface area contributed by atoms with Crippen LogP contribution in [-0.2, 0) is 0 Å². The molecular formula is C15H17BrClNOS. The zero-order chi connectivity index (χ0) is 14.7. The topological polar surface area (TPSA) is 35.2 Å². The molecule has 1 aromatic carbocycles. The number of nitrogens with two attached hydrogens (primary N) is 1. The van der Waals surface area contributed by atoms with Gasteiger partial charge in [0.2, 0.25) is 0 Å². The SMILES string of the molecule is CCC(N)C(Oc1cc(Br)ccc1Cl)c1sccc1C.